The zero-order chi connectivity index (χ0) is 42.0. The quantitative estimate of drug-likeness (QED) is 0.0870. The van der Waals surface area contributed by atoms with Crippen LogP contribution in [0.25, 0.3) is 33.2 Å². The number of fused-ring (bicyclic) bond motifs is 8. The molecule has 4 aliphatic heterocycles. The number of amides is 2. The number of hydrogen-bond donors (Lipinski definition) is 3. The minimum Gasteiger partial charge on any atom is -0.469 e. The lowest BCUT2D eigenvalue weighted by molar-refractivity contribution is -0.140. The van der Waals surface area contributed by atoms with E-state index < -0.39 is 0 Å². The number of ether oxygens (including phenoxy) is 4. The van der Waals surface area contributed by atoms with Crippen LogP contribution in [0.4, 0.5) is 0 Å². The molecule has 2 amide bonds. The highest BCUT2D eigenvalue weighted by atomic mass is 16.5. The van der Waals surface area contributed by atoms with Crippen LogP contribution in [-0.4, -0.2) is 120 Å². The van der Waals surface area contributed by atoms with Gasteiger partial charge in [0.2, 0.25) is 0 Å². The van der Waals surface area contributed by atoms with Gasteiger partial charge in [0.25, 0.3) is 11.8 Å². The Morgan fingerprint density at radius 1 is 0.949 bits per heavy atom. The topological polar surface area (TPSA) is 178 Å². The molecular formula is C45H59N7O7. The fraction of sp³-hybridized carbons (Fsp3) is 0.533. The SMILES string of the molecule is CCC1=C(C)c2cc3[nH]c(cc4nc(c5c6[nH]c(cc1n2)c(C)c6C(=O)N(CCCN1CCOCC1)C5=O)[C@@H](CCC(=O)OC)[C@@H]4C)c(C)c3C(C)OCCOCCN. The second-order valence-corrected chi connectivity index (χ2v) is 16.0. The molecule has 14 nitrogen and oxygen atoms in total. The van der Waals surface area contributed by atoms with E-state index in [0.717, 1.165) is 82.0 Å². The minimum absolute atomic E-state index is 0.148. The number of rotatable bonds is 15. The van der Waals surface area contributed by atoms with Gasteiger partial charge in [0, 0.05) is 78.8 Å². The van der Waals surface area contributed by atoms with Crippen LogP contribution in [0, 0.1) is 13.8 Å². The Kier molecular flexibility index (Phi) is 13.1. The van der Waals surface area contributed by atoms with Crippen LogP contribution in [0.15, 0.2) is 18.2 Å². The molecule has 316 valence electrons. The molecule has 7 rings (SSSR count). The number of nitrogens with one attached hydrogen (secondary N) is 2. The molecule has 0 aliphatic carbocycles. The van der Waals surface area contributed by atoms with Crippen molar-refractivity contribution in [3.05, 3.63) is 68.8 Å². The highest BCUT2D eigenvalue weighted by Crippen LogP contribution is 2.44. The molecule has 0 saturated carbocycles. The van der Waals surface area contributed by atoms with E-state index in [4.69, 9.17) is 34.6 Å². The minimum atomic E-state index is -0.385. The summed E-state index contributed by atoms with van der Waals surface area (Å²) in [5, 5.41) is 0. The van der Waals surface area contributed by atoms with Crippen LogP contribution in [0.2, 0.25) is 0 Å². The fourth-order valence-corrected chi connectivity index (χ4v) is 9.08. The molecule has 0 spiro atoms. The molecular weight excluding hydrogens is 751 g/mol. The average Bonchev–Trinajstić information content (AvgIpc) is 3.91. The molecule has 0 radical (unpaired) electrons. The van der Waals surface area contributed by atoms with Crippen molar-refractivity contribution >= 4 is 51.0 Å². The predicted molar refractivity (Wildman–Crippen MR) is 227 cm³/mol. The van der Waals surface area contributed by atoms with E-state index in [9.17, 15) is 14.4 Å². The normalized spacial score (nSPS) is 18.9. The Balaban J connectivity index is 1.47. The van der Waals surface area contributed by atoms with E-state index in [1.54, 1.807) is 0 Å². The maximum Gasteiger partial charge on any atom is 0.305 e. The van der Waals surface area contributed by atoms with Gasteiger partial charge >= 0.3 is 5.97 Å². The number of nitrogens with two attached hydrogens (primary N) is 1. The third-order valence-corrected chi connectivity index (χ3v) is 12.5. The number of aryl methyl sites for hydroxylation is 2. The van der Waals surface area contributed by atoms with Gasteiger partial charge in [-0.1, -0.05) is 13.8 Å². The van der Waals surface area contributed by atoms with Gasteiger partial charge in [-0.3, -0.25) is 29.2 Å². The monoisotopic (exact) mass is 809 g/mol. The Labute approximate surface area is 345 Å². The second-order valence-electron chi connectivity index (χ2n) is 16.0. The van der Waals surface area contributed by atoms with Gasteiger partial charge in [-0.25, -0.2) is 4.98 Å². The highest BCUT2D eigenvalue weighted by Gasteiger charge is 2.41. The lowest BCUT2D eigenvalue weighted by atomic mass is 9.84. The number of imide groups is 1. The van der Waals surface area contributed by atoms with E-state index in [1.807, 2.05) is 19.9 Å². The summed E-state index contributed by atoms with van der Waals surface area (Å²) in [7, 11) is 1.38. The number of esters is 1. The zero-order valence-corrected chi connectivity index (χ0v) is 35.6. The first-order valence-electron chi connectivity index (χ1n) is 21.1. The summed E-state index contributed by atoms with van der Waals surface area (Å²) in [5.41, 5.74) is 17.2. The number of carbonyl (C=O) groups is 3. The molecule has 8 bridgehead atoms. The summed E-state index contributed by atoms with van der Waals surface area (Å²) in [4.78, 5) is 63.5. The van der Waals surface area contributed by atoms with Crippen LogP contribution < -0.4 is 5.73 Å². The van der Waals surface area contributed by atoms with Crippen molar-refractivity contribution < 1.29 is 33.3 Å². The molecule has 3 aromatic rings. The summed E-state index contributed by atoms with van der Waals surface area (Å²) >= 11 is 0. The number of hydrogen-bond acceptors (Lipinski definition) is 11. The smallest absolute Gasteiger partial charge is 0.305 e. The van der Waals surface area contributed by atoms with Gasteiger partial charge in [-0.15, -0.1) is 0 Å². The fourth-order valence-electron chi connectivity index (χ4n) is 9.08. The number of morpholine rings is 1. The van der Waals surface area contributed by atoms with Crippen LogP contribution in [0.5, 0.6) is 0 Å². The van der Waals surface area contributed by atoms with Crippen LogP contribution in [0.1, 0.15) is 132 Å². The molecule has 3 atom stereocenters. The Hall–Kier alpha value is -4.73. The molecule has 4 aliphatic rings. The van der Waals surface area contributed by atoms with E-state index in [-0.39, 0.29) is 48.7 Å². The number of aromatic amines is 2. The van der Waals surface area contributed by atoms with Gasteiger partial charge < -0.3 is 34.6 Å². The van der Waals surface area contributed by atoms with Crippen molar-refractivity contribution in [1.82, 2.24) is 29.7 Å². The molecule has 4 N–H and O–H groups in total. The molecule has 1 fully saturated rings. The van der Waals surface area contributed by atoms with Gasteiger partial charge in [0.1, 0.15) is 0 Å². The van der Waals surface area contributed by atoms with Crippen LogP contribution in [-0.2, 0) is 23.7 Å². The van der Waals surface area contributed by atoms with Gasteiger partial charge in [0.05, 0.1) is 80.0 Å². The van der Waals surface area contributed by atoms with Gasteiger partial charge in [-0.05, 0) is 87.4 Å². The van der Waals surface area contributed by atoms with Crippen molar-refractivity contribution in [3.63, 3.8) is 0 Å². The largest absolute Gasteiger partial charge is 0.469 e. The molecule has 3 aromatic heterocycles. The second kappa shape index (κ2) is 18.3. The zero-order valence-electron chi connectivity index (χ0n) is 35.6. The summed E-state index contributed by atoms with van der Waals surface area (Å²) in [6.07, 6.45) is 1.64. The number of carbonyl (C=O) groups excluding carboxylic acids is 3. The highest BCUT2D eigenvalue weighted by molar-refractivity contribution is 6.23. The summed E-state index contributed by atoms with van der Waals surface area (Å²) < 4.78 is 22.5. The number of methoxy groups -OCH3 is 1. The number of allylic oxidation sites excluding steroid dienone is 2. The van der Waals surface area contributed by atoms with Crippen molar-refractivity contribution in [2.75, 3.05) is 72.9 Å². The molecule has 14 heteroatoms. The first kappa shape index (κ1) is 42.4. The van der Waals surface area contributed by atoms with Crippen molar-refractivity contribution in [3.8, 4) is 0 Å². The number of H-pyrrole nitrogens is 2. The van der Waals surface area contributed by atoms with E-state index in [0.29, 0.717) is 80.3 Å². The maximum absolute atomic E-state index is 15.0. The van der Waals surface area contributed by atoms with Gasteiger partial charge in [-0.2, -0.15) is 0 Å². The third kappa shape index (κ3) is 8.38. The van der Waals surface area contributed by atoms with Gasteiger partial charge in [0.15, 0.2) is 0 Å². The standard InChI is InChI=1S/C45H59N7O7/c1-8-30-25(2)32-24-37-39(29(6)59-21-20-57-17-12-46)27(4)34(48-37)22-33-26(3)31(10-11-38(53)56-7)42(49-33)41-43-40(28(5)35(50-43)23-36(30)47-32)44(54)52(45(41)55)14-9-13-51-15-18-58-19-16-51/h22-24,26,29,31,48,50H,8-21,46H2,1-7H3/t26-,29?,31-/m0/s1. The van der Waals surface area contributed by atoms with E-state index in [2.05, 4.69) is 54.7 Å². The average molecular weight is 810 g/mol. The van der Waals surface area contributed by atoms with Crippen molar-refractivity contribution in [2.45, 2.75) is 85.2 Å². The van der Waals surface area contributed by atoms with Crippen LogP contribution in [0.3, 0.4) is 0 Å². The Bertz CT molecular complexity index is 2300. The summed E-state index contributed by atoms with van der Waals surface area (Å²) in [5.74, 6) is -1.53. The number of nitrogens with zero attached hydrogens (tertiary/aromatic N) is 4. The first-order valence-corrected chi connectivity index (χ1v) is 21.1. The molecule has 1 saturated heterocycles. The van der Waals surface area contributed by atoms with Crippen molar-refractivity contribution in [1.29, 1.82) is 0 Å². The Morgan fingerprint density at radius 3 is 2.41 bits per heavy atom. The molecule has 59 heavy (non-hydrogen) atoms. The lowest BCUT2D eigenvalue weighted by Crippen LogP contribution is -2.43. The first-order chi connectivity index (χ1) is 28.5. The van der Waals surface area contributed by atoms with Crippen LogP contribution >= 0.6 is 0 Å². The Morgan fingerprint density at radius 2 is 1.68 bits per heavy atom. The number of aromatic nitrogens is 4. The molecule has 7 heterocycles. The van der Waals surface area contributed by atoms with Crippen molar-refractivity contribution in [2.24, 2.45) is 5.73 Å². The lowest BCUT2D eigenvalue weighted by Gasteiger charge is -2.29. The summed E-state index contributed by atoms with van der Waals surface area (Å²) in [6, 6.07) is 6.14. The third-order valence-electron chi connectivity index (χ3n) is 12.5. The molecule has 0 aromatic carbocycles. The predicted octanol–water partition coefficient (Wildman–Crippen LogP) is 6.48. The maximum atomic E-state index is 15.0. The summed E-state index contributed by atoms with van der Waals surface area (Å²) in [6.45, 7) is 18.1. The molecule has 1 unspecified atom stereocenters. The van der Waals surface area contributed by atoms with E-state index >= 15 is 0 Å². The van der Waals surface area contributed by atoms with E-state index in [1.165, 1.54) is 12.0 Å².